The van der Waals surface area contributed by atoms with Crippen LogP contribution in [0.5, 0.6) is 0 Å². The molecule has 0 saturated carbocycles. The molecule has 3 heterocycles. The van der Waals surface area contributed by atoms with Crippen LogP contribution in [0.15, 0.2) is 267 Å². The average Bonchev–Trinajstić information content (AvgIpc) is 3.78. The largest absolute Gasteiger partial charge is 0.311 e. The monoisotopic (exact) mass is 886 g/mol. The molecule has 324 valence electrons. The molecule has 2 nitrogen and oxygen atoms in total. The van der Waals surface area contributed by atoms with E-state index in [0.717, 1.165) is 11.4 Å². The number of nitrogens with zero attached hydrogens (tertiary/aromatic N) is 2. The van der Waals surface area contributed by atoms with Crippen LogP contribution in [0.25, 0.3) is 55.6 Å². The quantitative estimate of drug-likeness (QED) is 0.147. The number of benzene rings is 11. The van der Waals surface area contributed by atoms with E-state index in [0.29, 0.717) is 0 Å². The Morgan fingerprint density at radius 2 is 0.557 bits per heavy atom. The zero-order valence-electron chi connectivity index (χ0n) is 38.5. The molecule has 0 aromatic heterocycles. The van der Waals surface area contributed by atoms with Gasteiger partial charge in [-0.05, 0) is 121 Å². The fraction of sp³-hybridized carbons (Fsp3) is 0. The molecule has 0 fully saturated rings. The van der Waals surface area contributed by atoms with Gasteiger partial charge in [0.2, 0.25) is 6.71 Å². The van der Waals surface area contributed by atoms with Crippen molar-refractivity contribution in [2.24, 2.45) is 0 Å². The highest BCUT2D eigenvalue weighted by atomic mass is 15.2. The van der Waals surface area contributed by atoms with Crippen molar-refractivity contribution in [2.45, 2.75) is 0 Å². The van der Waals surface area contributed by atoms with Gasteiger partial charge in [-0.1, -0.05) is 235 Å². The van der Waals surface area contributed by atoms with Crippen molar-refractivity contribution in [1.82, 2.24) is 0 Å². The standard InChI is InChI=1S/C66H44B2N2/c1-5-17-45(18-6-1)49-29-35-54(36-30-49)69-62-39-33-51(47-21-9-3-10-22-47)41-60(62)68-61-42-52(48-23-11-4-12-24-48)34-40-63(61)70(55-37-31-50(32-38-55)46-19-7-2-8-20-46)65-44-53(43-64(69)66(65)68)67-58-27-15-13-25-56(58)57-26-14-16-28-59(57)67/h1-44H. The lowest BCUT2D eigenvalue weighted by atomic mass is 9.32. The minimum absolute atomic E-state index is 0.0423. The summed E-state index contributed by atoms with van der Waals surface area (Å²) in [5.41, 5.74) is 27.1. The second-order valence-electron chi connectivity index (χ2n) is 18.8. The smallest absolute Gasteiger partial charge is 0.252 e. The van der Waals surface area contributed by atoms with Crippen LogP contribution in [0, 0.1) is 0 Å². The van der Waals surface area contributed by atoms with E-state index >= 15 is 0 Å². The van der Waals surface area contributed by atoms with Crippen molar-refractivity contribution < 1.29 is 0 Å². The van der Waals surface area contributed by atoms with E-state index in [1.807, 2.05) is 0 Å². The predicted octanol–water partition coefficient (Wildman–Crippen LogP) is 12.9. The van der Waals surface area contributed by atoms with E-state index in [4.69, 9.17) is 0 Å². The van der Waals surface area contributed by atoms with Crippen LogP contribution in [-0.4, -0.2) is 13.4 Å². The zero-order valence-corrected chi connectivity index (χ0v) is 38.5. The van der Waals surface area contributed by atoms with E-state index < -0.39 is 0 Å². The zero-order chi connectivity index (χ0) is 46.1. The Balaban J connectivity index is 1.07. The van der Waals surface area contributed by atoms with Gasteiger partial charge >= 0.3 is 0 Å². The first-order chi connectivity index (χ1) is 34.7. The van der Waals surface area contributed by atoms with Crippen LogP contribution in [0.1, 0.15) is 0 Å². The third kappa shape index (κ3) is 6.52. The van der Waals surface area contributed by atoms with Crippen molar-refractivity contribution in [3.05, 3.63) is 267 Å². The van der Waals surface area contributed by atoms with Crippen molar-refractivity contribution in [1.29, 1.82) is 0 Å². The predicted molar refractivity (Wildman–Crippen MR) is 299 cm³/mol. The summed E-state index contributed by atoms with van der Waals surface area (Å²) in [4.78, 5) is 5.13. The summed E-state index contributed by atoms with van der Waals surface area (Å²) in [5.74, 6) is 0. The molecule has 0 radical (unpaired) electrons. The molecule has 70 heavy (non-hydrogen) atoms. The van der Waals surface area contributed by atoms with Crippen LogP contribution >= 0.6 is 0 Å². The summed E-state index contributed by atoms with van der Waals surface area (Å²) in [6.07, 6.45) is 0. The number of hydrogen-bond donors (Lipinski definition) is 0. The van der Waals surface area contributed by atoms with E-state index in [-0.39, 0.29) is 13.4 Å². The topological polar surface area (TPSA) is 6.48 Å². The van der Waals surface area contributed by atoms with E-state index in [1.54, 1.807) is 0 Å². The molecule has 0 N–H and O–H groups in total. The summed E-state index contributed by atoms with van der Waals surface area (Å²) in [6.45, 7) is -0.0278. The van der Waals surface area contributed by atoms with Crippen LogP contribution in [0.4, 0.5) is 34.1 Å². The highest BCUT2D eigenvalue weighted by Gasteiger charge is 2.45. The van der Waals surface area contributed by atoms with Crippen LogP contribution in [-0.2, 0) is 0 Å². The molecule has 0 amide bonds. The van der Waals surface area contributed by atoms with Crippen molar-refractivity contribution in [2.75, 3.05) is 9.80 Å². The van der Waals surface area contributed by atoms with Gasteiger partial charge in [-0.15, -0.1) is 0 Å². The van der Waals surface area contributed by atoms with E-state index in [1.165, 1.54) is 111 Å². The highest BCUT2D eigenvalue weighted by molar-refractivity contribution is 7.02. The summed E-state index contributed by atoms with van der Waals surface area (Å²) in [5, 5.41) is 0. The molecule has 11 aromatic carbocycles. The summed E-state index contributed by atoms with van der Waals surface area (Å²) < 4.78 is 0. The highest BCUT2D eigenvalue weighted by Crippen LogP contribution is 2.45. The molecular formula is C66H44B2N2. The van der Waals surface area contributed by atoms with Crippen molar-refractivity contribution >= 4 is 80.3 Å². The Labute approximate surface area is 410 Å². The Bertz CT molecular complexity index is 3520. The lowest BCUT2D eigenvalue weighted by Crippen LogP contribution is -2.62. The normalized spacial score (nSPS) is 12.7. The van der Waals surface area contributed by atoms with Gasteiger partial charge in [0.15, 0.2) is 0 Å². The SMILES string of the molecule is c1ccc(-c2ccc(N3c4ccc(-c5ccccc5)cc4B4c5cc(-c6ccccc6)ccc5N(c5ccc(-c6ccccc6)cc5)c5cc(B6c7ccccc7-c7ccccc76)cc3c54)cc2)cc1. The van der Waals surface area contributed by atoms with Gasteiger partial charge in [0.1, 0.15) is 0 Å². The molecular weight excluding hydrogens is 842 g/mol. The van der Waals surface area contributed by atoms with Crippen LogP contribution < -0.4 is 42.6 Å². The first-order valence-corrected chi connectivity index (χ1v) is 24.4. The molecule has 3 aliphatic heterocycles. The minimum Gasteiger partial charge on any atom is -0.311 e. The number of rotatable bonds is 7. The van der Waals surface area contributed by atoms with E-state index in [2.05, 4.69) is 277 Å². The second-order valence-corrected chi connectivity index (χ2v) is 18.8. The van der Waals surface area contributed by atoms with Crippen molar-refractivity contribution in [3.63, 3.8) is 0 Å². The number of hydrogen-bond acceptors (Lipinski definition) is 2. The molecule has 0 unspecified atom stereocenters. The molecule has 3 aliphatic rings. The summed E-state index contributed by atoms with van der Waals surface area (Å²) in [7, 11) is 0. The van der Waals surface area contributed by atoms with Gasteiger partial charge in [0.05, 0.1) is 0 Å². The maximum Gasteiger partial charge on any atom is 0.252 e. The van der Waals surface area contributed by atoms with Gasteiger partial charge in [-0.3, -0.25) is 0 Å². The Kier molecular flexibility index (Phi) is 9.45. The third-order valence-electron chi connectivity index (χ3n) is 14.9. The molecule has 0 atom stereocenters. The Morgan fingerprint density at radius 1 is 0.229 bits per heavy atom. The van der Waals surface area contributed by atoms with Gasteiger partial charge in [0.25, 0.3) is 6.71 Å². The lowest BCUT2D eigenvalue weighted by Gasteiger charge is -2.45. The van der Waals surface area contributed by atoms with Crippen LogP contribution in [0.3, 0.4) is 0 Å². The third-order valence-corrected chi connectivity index (χ3v) is 14.9. The Morgan fingerprint density at radius 3 is 0.957 bits per heavy atom. The fourth-order valence-corrected chi connectivity index (χ4v) is 11.8. The molecule has 4 heteroatoms. The number of anilines is 6. The van der Waals surface area contributed by atoms with Gasteiger partial charge in [-0.2, -0.15) is 0 Å². The molecule has 0 bridgehead atoms. The maximum absolute atomic E-state index is 2.56. The van der Waals surface area contributed by atoms with Crippen molar-refractivity contribution in [3.8, 4) is 55.6 Å². The molecule has 14 rings (SSSR count). The van der Waals surface area contributed by atoms with Gasteiger partial charge < -0.3 is 9.80 Å². The lowest BCUT2D eigenvalue weighted by molar-refractivity contribution is 1.26. The first-order valence-electron chi connectivity index (χ1n) is 24.4. The summed E-state index contributed by atoms with van der Waals surface area (Å²) >= 11 is 0. The summed E-state index contributed by atoms with van der Waals surface area (Å²) in [6, 6.07) is 99.1. The molecule has 11 aromatic rings. The Hall–Kier alpha value is -8.85. The molecule has 0 spiro atoms. The first kappa shape index (κ1) is 40.2. The molecule has 0 aliphatic carbocycles. The number of fused-ring (bicyclic) bond motifs is 7. The van der Waals surface area contributed by atoms with E-state index in [9.17, 15) is 0 Å². The second kappa shape index (κ2) is 16.4. The maximum atomic E-state index is 2.56. The molecule has 0 saturated heterocycles. The fourth-order valence-electron chi connectivity index (χ4n) is 11.8. The van der Waals surface area contributed by atoms with Gasteiger partial charge in [0, 0.05) is 34.1 Å². The minimum atomic E-state index is -0.0702. The average molecular weight is 887 g/mol. The van der Waals surface area contributed by atoms with Crippen LogP contribution in [0.2, 0.25) is 0 Å². The van der Waals surface area contributed by atoms with Gasteiger partial charge in [-0.25, -0.2) is 0 Å².